The highest BCUT2D eigenvalue weighted by atomic mass is 16.4. The van der Waals surface area contributed by atoms with E-state index in [1.807, 2.05) is 0 Å². The number of aromatic nitrogens is 3. The van der Waals surface area contributed by atoms with Gasteiger partial charge in [0.1, 0.15) is 5.65 Å². The van der Waals surface area contributed by atoms with Gasteiger partial charge in [0.2, 0.25) is 0 Å². The Bertz CT molecular complexity index is 809. The lowest BCUT2D eigenvalue weighted by atomic mass is 10.2. The highest BCUT2D eigenvalue weighted by Crippen LogP contribution is 2.17. The van der Waals surface area contributed by atoms with Crippen LogP contribution in [0.1, 0.15) is 0 Å². The van der Waals surface area contributed by atoms with Crippen LogP contribution in [0.25, 0.3) is 22.1 Å². The smallest absolute Gasteiger partial charge is 0.407 e. The summed E-state index contributed by atoms with van der Waals surface area (Å²) in [7, 11) is 1.60. The molecule has 1 N–H and O–H groups in total. The minimum atomic E-state index is -0.636. The molecule has 0 amide bonds. The molecule has 3 heterocycles. The van der Waals surface area contributed by atoms with E-state index in [4.69, 9.17) is 4.42 Å². The molecule has 3 rings (SSSR count). The third-order valence-corrected chi connectivity index (χ3v) is 2.52. The van der Waals surface area contributed by atoms with Crippen molar-refractivity contribution in [1.82, 2.24) is 14.5 Å². The van der Waals surface area contributed by atoms with Crippen LogP contribution in [0.5, 0.6) is 0 Å². The second kappa shape index (κ2) is 2.82. The normalized spacial score (nSPS) is 11.3. The van der Waals surface area contributed by atoms with Gasteiger partial charge in [0.25, 0.3) is 5.56 Å². The molecule has 0 saturated carbocycles. The Morgan fingerprint density at radius 2 is 2.25 bits per heavy atom. The number of fused-ring (bicyclic) bond motifs is 3. The Balaban J connectivity index is 2.79. The summed E-state index contributed by atoms with van der Waals surface area (Å²) < 4.78 is 6.33. The van der Waals surface area contributed by atoms with Gasteiger partial charge in [0.05, 0.1) is 5.39 Å². The van der Waals surface area contributed by atoms with Crippen molar-refractivity contribution in [3.8, 4) is 0 Å². The lowest BCUT2D eigenvalue weighted by Crippen LogP contribution is -2.18. The molecule has 6 nitrogen and oxygen atoms in total. The monoisotopic (exact) mass is 217 g/mol. The van der Waals surface area contributed by atoms with Crippen molar-refractivity contribution >= 4 is 22.1 Å². The van der Waals surface area contributed by atoms with Crippen LogP contribution in [0.15, 0.2) is 32.3 Å². The molecule has 16 heavy (non-hydrogen) atoms. The molecular formula is C10H7N3O3. The fraction of sp³-hybridized carbons (Fsp3) is 0.100. The lowest BCUT2D eigenvalue weighted by molar-refractivity contribution is 0.558. The van der Waals surface area contributed by atoms with E-state index in [-0.39, 0.29) is 16.7 Å². The third-order valence-electron chi connectivity index (χ3n) is 2.52. The molecule has 0 spiro atoms. The Hall–Kier alpha value is -2.37. The molecule has 0 aromatic carbocycles. The number of aryl methyl sites for hydroxylation is 1. The van der Waals surface area contributed by atoms with E-state index in [0.717, 1.165) is 0 Å². The van der Waals surface area contributed by atoms with Crippen LogP contribution in [-0.2, 0) is 7.05 Å². The Labute approximate surface area is 88.1 Å². The van der Waals surface area contributed by atoms with E-state index in [1.54, 1.807) is 25.4 Å². The quantitative estimate of drug-likeness (QED) is 0.589. The second-order valence-corrected chi connectivity index (χ2v) is 3.46. The molecule has 0 atom stereocenters. The number of rotatable bonds is 0. The molecule has 0 saturated heterocycles. The molecule has 0 aliphatic heterocycles. The van der Waals surface area contributed by atoms with Crippen LogP contribution in [0.4, 0.5) is 0 Å². The van der Waals surface area contributed by atoms with Gasteiger partial charge in [-0.2, -0.15) is 0 Å². The highest BCUT2D eigenvalue weighted by Gasteiger charge is 2.13. The zero-order chi connectivity index (χ0) is 11.3. The number of nitrogens with one attached hydrogen (secondary N) is 1. The predicted octanol–water partition coefficient (Wildman–Crippen LogP) is 0.368. The van der Waals surface area contributed by atoms with Crippen LogP contribution < -0.4 is 11.3 Å². The summed E-state index contributed by atoms with van der Waals surface area (Å²) in [6.45, 7) is 0. The summed E-state index contributed by atoms with van der Waals surface area (Å²) in [6.07, 6.45) is 1.58. The molecule has 0 aliphatic rings. The van der Waals surface area contributed by atoms with Crippen molar-refractivity contribution in [2.45, 2.75) is 0 Å². The summed E-state index contributed by atoms with van der Waals surface area (Å²) in [5, 5.41) is 0.637. The Morgan fingerprint density at radius 3 is 3.06 bits per heavy atom. The summed E-state index contributed by atoms with van der Waals surface area (Å²) >= 11 is 0. The molecule has 0 radical (unpaired) electrons. The molecule has 80 valence electrons. The number of aromatic amines is 1. The van der Waals surface area contributed by atoms with Gasteiger partial charge in [-0.15, -0.1) is 0 Å². The minimum Gasteiger partial charge on any atom is -0.407 e. The maximum absolute atomic E-state index is 11.8. The summed E-state index contributed by atoms with van der Waals surface area (Å²) in [6, 6.07) is 3.47. The average molecular weight is 217 g/mol. The molecule has 0 unspecified atom stereocenters. The largest absolute Gasteiger partial charge is 0.417 e. The first-order valence-electron chi connectivity index (χ1n) is 4.65. The summed E-state index contributed by atoms with van der Waals surface area (Å²) in [4.78, 5) is 29.4. The predicted molar refractivity (Wildman–Crippen MR) is 57.4 cm³/mol. The molecular weight excluding hydrogens is 210 g/mol. The molecule has 0 aliphatic carbocycles. The number of H-pyrrole nitrogens is 1. The first-order chi connectivity index (χ1) is 7.68. The first kappa shape index (κ1) is 8.90. The molecule has 0 bridgehead atoms. The number of hydrogen-bond acceptors (Lipinski definition) is 4. The van der Waals surface area contributed by atoms with Crippen LogP contribution in [-0.4, -0.2) is 14.5 Å². The summed E-state index contributed by atoms with van der Waals surface area (Å²) in [5.74, 6) is -0.636. The highest BCUT2D eigenvalue weighted by molar-refractivity contribution is 5.98. The van der Waals surface area contributed by atoms with Crippen molar-refractivity contribution in [3.63, 3.8) is 0 Å². The van der Waals surface area contributed by atoms with Crippen molar-refractivity contribution in [3.05, 3.63) is 39.2 Å². The van der Waals surface area contributed by atoms with Crippen molar-refractivity contribution in [2.24, 2.45) is 7.05 Å². The number of pyridine rings is 2. The molecule has 3 aromatic heterocycles. The SMILES string of the molecule is Cn1c(=O)c2[nH]c(=O)oc2c2cccnc21. The van der Waals surface area contributed by atoms with Crippen molar-refractivity contribution in [2.75, 3.05) is 0 Å². The van der Waals surface area contributed by atoms with Gasteiger partial charge in [0, 0.05) is 13.2 Å². The first-order valence-corrected chi connectivity index (χ1v) is 4.65. The van der Waals surface area contributed by atoms with E-state index in [9.17, 15) is 9.59 Å². The van der Waals surface area contributed by atoms with E-state index in [1.165, 1.54) is 4.57 Å². The van der Waals surface area contributed by atoms with E-state index < -0.39 is 5.76 Å². The maximum atomic E-state index is 11.8. The van der Waals surface area contributed by atoms with Crippen molar-refractivity contribution in [1.29, 1.82) is 0 Å². The molecule has 0 fully saturated rings. The van der Waals surface area contributed by atoms with Crippen molar-refractivity contribution < 1.29 is 4.42 Å². The topological polar surface area (TPSA) is 80.9 Å². The van der Waals surface area contributed by atoms with Gasteiger partial charge in [0.15, 0.2) is 11.1 Å². The van der Waals surface area contributed by atoms with E-state index in [0.29, 0.717) is 11.0 Å². The van der Waals surface area contributed by atoms with Gasteiger partial charge < -0.3 is 4.42 Å². The number of oxazole rings is 1. The zero-order valence-corrected chi connectivity index (χ0v) is 8.35. The Morgan fingerprint density at radius 1 is 1.44 bits per heavy atom. The van der Waals surface area contributed by atoms with Gasteiger partial charge >= 0.3 is 5.76 Å². The van der Waals surface area contributed by atoms with Crippen LogP contribution in [0, 0.1) is 0 Å². The molecule has 3 aromatic rings. The van der Waals surface area contributed by atoms with Gasteiger partial charge in [-0.3, -0.25) is 14.3 Å². The standard InChI is InChI=1S/C10H7N3O3/c1-13-8-5(3-2-4-11-8)7-6(9(13)14)12-10(15)16-7/h2-4H,1H3,(H,12,15). The zero-order valence-electron chi connectivity index (χ0n) is 8.35. The Kier molecular flexibility index (Phi) is 1.57. The second-order valence-electron chi connectivity index (χ2n) is 3.46. The van der Waals surface area contributed by atoms with E-state index >= 15 is 0 Å². The maximum Gasteiger partial charge on any atom is 0.417 e. The van der Waals surface area contributed by atoms with Gasteiger partial charge in [-0.1, -0.05) is 0 Å². The lowest BCUT2D eigenvalue weighted by Gasteiger charge is -2.02. The average Bonchev–Trinajstić information content (AvgIpc) is 2.68. The third kappa shape index (κ3) is 0.979. The number of nitrogens with zero attached hydrogens (tertiary/aromatic N) is 2. The van der Waals surface area contributed by atoms with Gasteiger partial charge in [-0.05, 0) is 12.1 Å². The van der Waals surface area contributed by atoms with Crippen LogP contribution in [0.2, 0.25) is 0 Å². The number of hydrogen-bond donors (Lipinski definition) is 1. The van der Waals surface area contributed by atoms with Crippen LogP contribution in [0.3, 0.4) is 0 Å². The summed E-state index contributed by atoms with van der Waals surface area (Å²) in [5.41, 5.74) is 0.596. The van der Waals surface area contributed by atoms with Gasteiger partial charge in [-0.25, -0.2) is 9.78 Å². The minimum absolute atomic E-state index is 0.174. The van der Waals surface area contributed by atoms with Crippen LogP contribution >= 0.6 is 0 Å². The fourth-order valence-corrected chi connectivity index (χ4v) is 1.77. The molecule has 6 heteroatoms. The fourth-order valence-electron chi connectivity index (χ4n) is 1.77. The van der Waals surface area contributed by atoms with E-state index in [2.05, 4.69) is 9.97 Å².